The zero-order chi connectivity index (χ0) is 12.0. The van der Waals surface area contributed by atoms with Crippen LogP contribution in [0.3, 0.4) is 0 Å². The third-order valence-electron chi connectivity index (χ3n) is 3.21. The minimum Gasteiger partial charge on any atom is -0.481 e. The monoisotopic (exact) mass is 249 g/mol. The van der Waals surface area contributed by atoms with E-state index in [0.29, 0.717) is 12.8 Å². The Morgan fingerprint density at radius 1 is 1.50 bits per heavy atom. The fraction of sp³-hybridized carbons (Fsp3) is 0.889. The van der Waals surface area contributed by atoms with Crippen molar-refractivity contribution in [2.45, 2.75) is 31.1 Å². The summed E-state index contributed by atoms with van der Waals surface area (Å²) >= 11 is 0. The van der Waals surface area contributed by atoms with Crippen molar-refractivity contribution in [1.82, 2.24) is 4.72 Å². The van der Waals surface area contributed by atoms with Gasteiger partial charge in [-0.3, -0.25) is 4.79 Å². The Morgan fingerprint density at radius 3 is 2.62 bits per heavy atom. The summed E-state index contributed by atoms with van der Waals surface area (Å²) in [5.74, 6) is -1.03. The summed E-state index contributed by atoms with van der Waals surface area (Å²) in [6.07, 6.45) is 1.32. The van der Waals surface area contributed by atoms with Crippen LogP contribution in [0.5, 0.6) is 0 Å². The molecule has 6 nitrogen and oxygen atoms in total. The van der Waals surface area contributed by atoms with Crippen LogP contribution in [0.4, 0.5) is 0 Å². The first kappa shape index (κ1) is 11.8. The predicted octanol–water partition coefficient (Wildman–Crippen LogP) is -0.442. The number of aliphatic carboxylic acids is 1. The third-order valence-corrected chi connectivity index (χ3v) is 5.18. The average Bonchev–Trinajstić information content (AvgIpc) is 2.94. The summed E-state index contributed by atoms with van der Waals surface area (Å²) in [4.78, 5) is 11.1. The smallest absolute Gasteiger partial charge is 0.313 e. The maximum atomic E-state index is 11.7. The van der Waals surface area contributed by atoms with Crippen molar-refractivity contribution in [3.63, 3.8) is 0 Å². The Balaban J connectivity index is 2.12. The van der Waals surface area contributed by atoms with E-state index in [4.69, 9.17) is 9.84 Å². The molecule has 0 bridgehead atoms. The molecule has 2 fully saturated rings. The molecule has 0 radical (unpaired) electrons. The average molecular weight is 249 g/mol. The second-order valence-electron chi connectivity index (χ2n) is 4.65. The minimum atomic E-state index is -3.37. The minimum absolute atomic E-state index is 0.0419. The largest absolute Gasteiger partial charge is 0.481 e. The molecule has 1 saturated carbocycles. The SMILES string of the molecule is CC1(C(=O)O)COCC1NS(=O)(=O)C1CC1. The van der Waals surface area contributed by atoms with E-state index in [9.17, 15) is 13.2 Å². The maximum Gasteiger partial charge on any atom is 0.313 e. The Hall–Kier alpha value is -0.660. The number of sulfonamides is 1. The van der Waals surface area contributed by atoms with Crippen molar-refractivity contribution < 1.29 is 23.1 Å². The van der Waals surface area contributed by atoms with Crippen molar-refractivity contribution >= 4 is 16.0 Å². The molecule has 92 valence electrons. The molecule has 1 aliphatic heterocycles. The topological polar surface area (TPSA) is 92.7 Å². The number of carbonyl (C=O) groups is 1. The summed E-state index contributed by atoms with van der Waals surface area (Å²) in [5.41, 5.74) is -1.16. The maximum absolute atomic E-state index is 11.7. The van der Waals surface area contributed by atoms with Gasteiger partial charge < -0.3 is 9.84 Å². The summed E-state index contributed by atoms with van der Waals surface area (Å²) in [6, 6.07) is -0.671. The standard InChI is InChI=1S/C9H15NO5S/c1-9(8(11)12)5-15-4-7(9)10-16(13,14)6-2-3-6/h6-7,10H,2-5H2,1H3,(H,11,12). The zero-order valence-corrected chi connectivity index (χ0v) is 9.79. The number of hydrogen-bond acceptors (Lipinski definition) is 4. The normalized spacial score (nSPS) is 35.2. The van der Waals surface area contributed by atoms with Crippen LogP contribution >= 0.6 is 0 Å². The van der Waals surface area contributed by atoms with Crippen molar-refractivity contribution in [3.05, 3.63) is 0 Å². The highest BCUT2D eigenvalue weighted by Gasteiger charge is 2.49. The molecule has 7 heteroatoms. The third kappa shape index (κ3) is 1.94. The Bertz CT molecular complexity index is 402. The summed E-state index contributed by atoms with van der Waals surface area (Å²) in [5, 5.41) is 8.74. The highest BCUT2D eigenvalue weighted by atomic mass is 32.2. The lowest BCUT2D eigenvalue weighted by Gasteiger charge is -2.25. The molecule has 0 aromatic rings. The first-order valence-electron chi connectivity index (χ1n) is 5.18. The first-order chi connectivity index (χ1) is 7.36. The van der Waals surface area contributed by atoms with Gasteiger partial charge in [0.15, 0.2) is 0 Å². The second kappa shape index (κ2) is 3.68. The van der Waals surface area contributed by atoms with Gasteiger partial charge in [0.25, 0.3) is 0 Å². The second-order valence-corrected chi connectivity index (χ2v) is 6.64. The van der Waals surface area contributed by atoms with Gasteiger partial charge in [-0.05, 0) is 19.8 Å². The van der Waals surface area contributed by atoms with E-state index in [2.05, 4.69) is 4.72 Å². The molecule has 2 rings (SSSR count). The number of hydrogen-bond donors (Lipinski definition) is 2. The molecule has 16 heavy (non-hydrogen) atoms. The van der Waals surface area contributed by atoms with Crippen molar-refractivity contribution in [1.29, 1.82) is 0 Å². The van der Waals surface area contributed by atoms with Crippen LogP contribution in [-0.2, 0) is 19.6 Å². The fourth-order valence-corrected chi connectivity index (χ4v) is 3.39. The van der Waals surface area contributed by atoms with Crippen LogP contribution in [0.15, 0.2) is 0 Å². The molecule has 2 unspecified atom stereocenters. The van der Waals surface area contributed by atoms with E-state index in [1.807, 2.05) is 0 Å². The quantitative estimate of drug-likeness (QED) is 0.704. The van der Waals surface area contributed by atoms with Crippen LogP contribution in [-0.4, -0.2) is 44.0 Å². The Morgan fingerprint density at radius 2 is 2.12 bits per heavy atom. The van der Waals surface area contributed by atoms with Crippen molar-refractivity contribution in [2.24, 2.45) is 5.41 Å². The Kier molecular flexibility index (Phi) is 2.72. The molecule has 1 aliphatic carbocycles. The molecule has 0 aromatic carbocycles. The van der Waals surface area contributed by atoms with E-state index in [1.165, 1.54) is 6.92 Å². The van der Waals surface area contributed by atoms with Gasteiger partial charge in [0.05, 0.1) is 24.5 Å². The number of nitrogens with one attached hydrogen (secondary N) is 1. The number of carboxylic acids is 1. The van der Waals surface area contributed by atoms with Crippen LogP contribution in [0.2, 0.25) is 0 Å². The molecular weight excluding hydrogens is 234 g/mol. The lowest BCUT2D eigenvalue weighted by molar-refractivity contribution is -0.148. The highest BCUT2D eigenvalue weighted by molar-refractivity contribution is 7.90. The zero-order valence-electron chi connectivity index (χ0n) is 8.97. The van der Waals surface area contributed by atoms with Gasteiger partial charge in [0, 0.05) is 0 Å². The fourth-order valence-electron chi connectivity index (χ4n) is 1.72. The van der Waals surface area contributed by atoms with E-state index >= 15 is 0 Å². The molecule has 1 saturated heterocycles. The number of carboxylic acid groups (broad SMARTS) is 1. The van der Waals surface area contributed by atoms with Gasteiger partial charge >= 0.3 is 5.97 Å². The molecule has 2 N–H and O–H groups in total. The summed E-state index contributed by atoms with van der Waals surface area (Å²) in [6.45, 7) is 1.66. The molecule has 0 amide bonds. The van der Waals surface area contributed by atoms with Gasteiger partial charge in [-0.1, -0.05) is 0 Å². The lowest BCUT2D eigenvalue weighted by atomic mass is 9.86. The van der Waals surface area contributed by atoms with Gasteiger partial charge in [-0.15, -0.1) is 0 Å². The molecular formula is C9H15NO5S. The van der Waals surface area contributed by atoms with Crippen LogP contribution in [0.1, 0.15) is 19.8 Å². The number of rotatable bonds is 4. The first-order valence-corrected chi connectivity index (χ1v) is 6.73. The van der Waals surface area contributed by atoms with Gasteiger partial charge in [0.1, 0.15) is 5.41 Å². The predicted molar refractivity (Wildman–Crippen MR) is 55.4 cm³/mol. The van der Waals surface area contributed by atoms with Gasteiger partial charge in [-0.25, -0.2) is 13.1 Å². The van der Waals surface area contributed by atoms with Crippen LogP contribution in [0.25, 0.3) is 0 Å². The molecule has 1 heterocycles. The van der Waals surface area contributed by atoms with Crippen LogP contribution < -0.4 is 4.72 Å². The molecule has 0 spiro atoms. The molecule has 2 atom stereocenters. The van der Waals surface area contributed by atoms with Gasteiger partial charge in [0.2, 0.25) is 10.0 Å². The van der Waals surface area contributed by atoms with Gasteiger partial charge in [-0.2, -0.15) is 0 Å². The van der Waals surface area contributed by atoms with E-state index in [1.54, 1.807) is 0 Å². The van der Waals surface area contributed by atoms with E-state index < -0.39 is 27.4 Å². The highest BCUT2D eigenvalue weighted by Crippen LogP contribution is 2.32. The molecule has 0 aromatic heterocycles. The van der Waals surface area contributed by atoms with E-state index in [0.717, 1.165) is 0 Å². The van der Waals surface area contributed by atoms with E-state index in [-0.39, 0.29) is 18.5 Å². The van der Waals surface area contributed by atoms with Crippen LogP contribution in [0, 0.1) is 5.41 Å². The number of ether oxygens (including phenoxy) is 1. The Labute approximate surface area is 94.0 Å². The lowest BCUT2D eigenvalue weighted by Crippen LogP contribution is -2.50. The summed E-state index contributed by atoms with van der Waals surface area (Å²) in [7, 11) is -3.37. The summed E-state index contributed by atoms with van der Waals surface area (Å²) < 4.78 is 30.9. The molecule has 2 aliphatic rings. The van der Waals surface area contributed by atoms with Crippen molar-refractivity contribution in [3.8, 4) is 0 Å². The van der Waals surface area contributed by atoms with Crippen molar-refractivity contribution in [2.75, 3.05) is 13.2 Å².